The summed E-state index contributed by atoms with van der Waals surface area (Å²) < 4.78 is 0. The number of urea groups is 1. The maximum absolute atomic E-state index is 11.9. The Morgan fingerprint density at radius 2 is 2.04 bits per heavy atom. The standard InChI is InChI=1S/C17H22N4O3/c22-15(7-6-14-16(23)20-17(24)19-14)18-11-12-4-3-5-13(10-12)21-8-1-2-9-21/h3-5,10,14H,1-2,6-9,11H2,(H,18,22)(H2,19,20,23,24). The van der Waals surface area contributed by atoms with Crippen molar-refractivity contribution in [1.82, 2.24) is 16.0 Å². The van der Waals surface area contributed by atoms with Crippen LogP contribution in [0.2, 0.25) is 0 Å². The van der Waals surface area contributed by atoms with Gasteiger partial charge in [-0.25, -0.2) is 4.79 Å². The van der Waals surface area contributed by atoms with Gasteiger partial charge in [0.1, 0.15) is 6.04 Å². The lowest BCUT2D eigenvalue weighted by Gasteiger charge is -2.18. The molecule has 4 amide bonds. The summed E-state index contributed by atoms with van der Waals surface area (Å²) >= 11 is 0. The monoisotopic (exact) mass is 330 g/mol. The highest BCUT2D eigenvalue weighted by Gasteiger charge is 2.29. The number of carbonyl (C=O) groups is 3. The van der Waals surface area contributed by atoms with Gasteiger partial charge in [0, 0.05) is 31.7 Å². The second-order valence-electron chi connectivity index (χ2n) is 6.19. The lowest BCUT2D eigenvalue weighted by atomic mass is 10.1. The summed E-state index contributed by atoms with van der Waals surface area (Å²) in [6.07, 6.45) is 2.96. The molecule has 2 aliphatic heterocycles. The molecule has 0 aliphatic carbocycles. The summed E-state index contributed by atoms with van der Waals surface area (Å²) in [6.45, 7) is 2.64. The molecule has 1 unspecified atom stereocenters. The number of hydrogen-bond donors (Lipinski definition) is 3. The van der Waals surface area contributed by atoms with Crippen molar-refractivity contribution in [3.63, 3.8) is 0 Å². The fraction of sp³-hybridized carbons (Fsp3) is 0.471. The third-order valence-corrected chi connectivity index (χ3v) is 4.39. The molecule has 1 aromatic carbocycles. The van der Waals surface area contributed by atoms with E-state index in [-0.39, 0.29) is 18.2 Å². The van der Waals surface area contributed by atoms with E-state index in [1.54, 1.807) is 0 Å². The van der Waals surface area contributed by atoms with Crippen LogP contribution in [0.5, 0.6) is 0 Å². The molecular weight excluding hydrogens is 308 g/mol. The number of rotatable bonds is 6. The molecule has 1 atom stereocenters. The van der Waals surface area contributed by atoms with E-state index in [1.165, 1.54) is 18.5 Å². The molecule has 0 saturated carbocycles. The van der Waals surface area contributed by atoms with Gasteiger partial charge in [-0.3, -0.25) is 14.9 Å². The number of carbonyl (C=O) groups excluding carboxylic acids is 3. The molecule has 7 nitrogen and oxygen atoms in total. The average molecular weight is 330 g/mol. The molecule has 0 aromatic heterocycles. The number of nitrogens with zero attached hydrogens (tertiary/aromatic N) is 1. The summed E-state index contributed by atoms with van der Waals surface area (Å²) in [6, 6.07) is 7.10. The van der Waals surface area contributed by atoms with Crippen molar-refractivity contribution in [2.45, 2.75) is 38.3 Å². The van der Waals surface area contributed by atoms with Crippen molar-refractivity contribution < 1.29 is 14.4 Å². The third-order valence-electron chi connectivity index (χ3n) is 4.39. The quantitative estimate of drug-likeness (QED) is 0.676. The first-order chi connectivity index (χ1) is 11.6. The van der Waals surface area contributed by atoms with Crippen molar-refractivity contribution in [2.75, 3.05) is 18.0 Å². The topological polar surface area (TPSA) is 90.5 Å². The summed E-state index contributed by atoms with van der Waals surface area (Å²) in [7, 11) is 0. The molecule has 2 fully saturated rings. The molecule has 7 heteroatoms. The Morgan fingerprint density at radius 3 is 2.75 bits per heavy atom. The van der Waals surface area contributed by atoms with Crippen LogP contribution in [-0.2, 0) is 16.1 Å². The lowest BCUT2D eigenvalue weighted by molar-refractivity contribution is -0.122. The highest BCUT2D eigenvalue weighted by atomic mass is 16.2. The fourth-order valence-corrected chi connectivity index (χ4v) is 3.07. The van der Waals surface area contributed by atoms with Gasteiger partial charge in [0.2, 0.25) is 5.91 Å². The number of hydrogen-bond acceptors (Lipinski definition) is 4. The van der Waals surface area contributed by atoms with Crippen molar-refractivity contribution >= 4 is 23.5 Å². The predicted molar refractivity (Wildman–Crippen MR) is 89.4 cm³/mol. The Kier molecular flexibility index (Phi) is 4.98. The average Bonchev–Trinajstić information content (AvgIpc) is 3.21. The van der Waals surface area contributed by atoms with E-state index >= 15 is 0 Å². The van der Waals surface area contributed by atoms with Crippen LogP contribution in [0.25, 0.3) is 0 Å². The molecule has 0 spiro atoms. The first-order valence-corrected chi connectivity index (χ1v) is 8.34. The number of benzene rings is 1. The van der Waals surface area contributed by atoms with E-state index in [0.29, 0.717) is 13.0 Å². The Labute approximate surface area is 140 Å². The minimum absolute atomic E-state index is 0.129. The van der Waals surface area contributed by atoms with Crippen LogP contribution in [0.15, 0.2) is 24.3 Å². The van der Waals surface area contributed by atoms with Crippen LogP contribution in [0.1, 0.15) is 31.2 Å². The van der Waals surface area contributed by atoms with Crippen LogP contribution in [-0.4, -0.2) is 37.0 Å². The maximum Gasteiger partial charge on any atom is 0.322 e. The van der Waals surface area contributed by atoms with Crippen molar-refractivity contribution in [3.05, 3.63) is 29.8 Å². The minimum atomic E-state index is -0.609. The van der Waals surface area contributed by atoms with E-state index in [2.05, 4.69) is 33.0 Å². The second-order valence-corrected chi connectivity index (χ2v) is 6.19. The van der Waals surface area contributed by atoms with Crippen LogP contribution in [0.3, 0.4) is 0 Å². The van der Waals surface area contributed by atoms with E-state index in [4.69, 9.17) is 0 Å². The lowest BCUT2D eigenvalue weighted by Crippen LogP contribution is -2.31. The van der Waals surface area contributed by atoms with Crippen LogP contribution >= 0.6 is 0 Å². The molecule has 24 heavy (non-hydrogen) atoms. The number of imide groups is 1. The molecule has 1 aromatic rings. The highest BCUT2D eigenvalue weighted by molar-refractivity contribution is 6.04. The molecule has 2 saturated heterocycles. The molecule has 3 rings (SSSR count). The molecule has 2 aliphatic rings. The van der Waals surface area contributed by atoms with Crippen molar-refractivity contribution in [1.29, 1.82) is 0 Å². The molecule has 0 radical (unpaired) electrons. The van der Waals surface area contributed by atoms with Gasteiger partial charge in [0.05, 0.1) is 0 Å². The molecule has 3 N–H and O–H groups in total. The zero-order valence-electron chi connectivity index (χ0n) is 13.5. The number of nitrogens with one attached hydrogen (secondary N) is 3. The maximum atomic E-state index is 11.9. The van der Waals surface area contributed by atoms with Gasteiger partial charge in [0.15, 0.2) is 0 Å². The van der Waals surface area contributed by atoms with Gasteiger partial charge in [-0.2, -0.15) is 0 Å². The first kappa shape index (κ1) is 16.3. The SMILES string of the molecule is O=C(CCC1NC(=O)NC1=O)NCc1cccc(N2CCCC2)c1. The van der Waals surface area contributed by atoms with E-state index < -0.39 is 12.1 Å². The largest absolute Gasteiger partial charge is 0.372 e. The summed E-state index contributed by atoms with van der Waals surface area (Å²) in [5.41, 5.74) is 2.25. The molecular formula is C17H22N4O3. The van der Waals surface area contributed by atoms with Crippen molar-refractivity contribution in [3.8, 4) is 0 Å². The van der Waals surface area contributed by atoms with Gasteiger partial charge in [0.25, 0.3) is 5.91 Å². The molecule has 128 valence electrons. The Bertz CT molecular complexity index is 640. The van der Waals surface area contributed by atoms with Gasteiger partial charge in [-0.1, -0.05) is 12.1 Å². The van der Waals surface area contributed by atoms with Crippen LogP contribution in [0, 0.1) is 0 Å². The summed E-state index contributed by atoms with van der Waals surface area (Å²) in [4.78, 5) is 36.7. The van der Waals surface area contributed by atoms with Crippen LogP contribution < -0.4 is 20.9 Å². The van der Waals surface area contributed by atoms with E-state index in [9.17, 15) is 14.4 Å². The van der Waals surface area contributed by atoms with Crippen molar-refractivity contribution in [2.24, 2.45) is 0 Å². The van der Waals surface area contributed by atoms with Crippen LogP contribution in [0.4, 0.5) is 10.5 Å². The van der Waals surface area contributed by atoms with E-state index in [1.807, 2.05) is 12.1 Å². The Balaban J connectivity index is 1.45. The second kappa shape index (κ2) is 7.33. The Morgan fingerprint density at radius 1 is 1.25 bits per heavy atom. The summed E-state index contributed by atoms with van der Waals surface area (Å²) in [5.74, 6) is -0.498. The number of amides is 4. The van der Waals surface area contributed by atoms with Gasteiger partial charge in [-0.05, 0) is 37.0 Å². The molecule has 0 bridgehead atoms. The van der Waals surface area contributed by atoms with Gasteiger partial charge >= 0.3 is 6.03 Å². The highest BCUT2D eigenvalue weighted by Crippen LogP contribution is 2.21. The van der Waals surface area contributed by atoms with Gasteiger partial charge in [-0.15, -0.1) is 0 Å². The zero-order valence-corrected chi connectivity index (χ0v) is 13.5. The minimum Gasteiger partial charge on any atom is -0.372 e. The predicted octanol–water partition coefficient (Wildman–Crippen LogP) is 0.891. The summed E-state index contributed by atoms with van der Waals surface area (Å²) in [5, 5.41) is 7.51. The van der Waals surface area contributed by atoms with E-state index in [0.717, 1.165) is 18.7 Å². The number of anilines is 1. The fourth-order valence-electron chi connectivity index (χ4n) is 3.07. The first-order valence-electron chi connectivity index (χ1n) is 8.34. The Hall–Kier alpha value is -2.57. The molecule has 2 heterocycles. The smallest absolute Gasteiger partial charge is 0.322 e. The van der Waals surface area contributed by atoms with Gasteiger partial charge < -0.3 is 15.5 Å². The third kappa shape index (κ3) is 4.04. The normalized spacial score (nSPS) is 20.0. The zero-order chi connectivity index (χ0) is 16.9.